The maximum absolute atomic E-state index is 11.6. The number of benzene rings is 3. The van der Waals surface area contributed by atoms with Crippen molar-refractivity contribution in [2.75, 3.05) is 6.61 Å². The van der Waals surface area contributed by atoms with E-state index in [0.717, 1.165) is 50.3 Å². The second-order valence-corrected chi connectivity index (χ2v) is 13.7. The molecule has 3 nitrogen and oxygen atoms in total. The molecule has 0 aliphatic rings. The Hall–Kier alpha value is -2.51. The zero-order valence-corrected chi connectivity index (χ0v) is 23.7. The SMILES string of the molecule is CCCOc1ccc(P(c2cc(C)cc(C(C)(C)C)c2O)c2cc(C)cc(C(C)(C)C)c2O)cc1. The van der Waals surface area contributed by atoms with Crippen LogP contribution in [0.4, 0.5) is 0 Å². The van der Waals surface area contributed by atoms with Crippen molar-refractivity contribution in [3.63, 3.8) is 0 Å². The third-order valence-corrected chi connectivity index (χ3v) is 8.59. The van der Waals surface area contributed by atoms with Gasteiger partial charge >= 0.3 is 0 Å². The first kappa shape index (κ1) is 27.1. The molecule has 3 aromatic carbocycles. The van der Waals surface area contributed by atoms with Crippen LogP contribution in [-0.4, -0.2) is 16.8 Å². The summed E-state index contributed by atoms with van der Waals surface area (Å²) in [6.45, 7) is 19.6. The third kappa shape index (κ3) is 6.01. The summed E-state index contributed by atoms with van der Waals surface area (Å²) in [7, 11) is -1.23. The molecule has 2 N–H and O–H groups in total. The van der Waals surface area contributed by atoms with Crippen LogP contribution in [0.5, 0.6) is 17.2 Å². The third-order valence-electron chi connectivity index (χ3n) is 6.13. The van der Waals surface area contributed by atoms with E-state index in [2.05, 4.69) is 98.7 Å². The van der Waals surface area contributed by atoms with Crippen LogP contribution in [0.2, 0.25) is 0 Å². The number of phenolic OH excluding ortho intramolecular Hbond substituents is 2. The van der Waals surface area contributed by atoms with Crippen molar-refractivity contribution in [2.24, 2.45) is 0 Å². The molecule has 0 heterocycles. The molecule has 0 spiro atoms. The summed E-state index contributed by atoms with van der Waals surface area (Å²) < 4.78 is 5.82. The van der Waals surface area contributed by atoms with E-state index in [1.165, 1.54) is 0 Å². The summed E-state index contributed by atoms with van der Waals surface area (Å²) in [5.41, 5.74) is 3.61. The average Bonchev–Trinajstić information content (AvgIpc) is 2.76. The number of phenols is 2. The number of aryl methyl sites for hydroxylation is 2. The van der Waals surface area contributed by atoms with E-state index in [4.69, 9.17) is 4.74 Å². The van der Waals surface area contributed by atoms with Gasteiger partial charge in [0.25, 0.3) is 0 Å². The lowest BCUT2D eigenvalue weighted by Gasteiger charge is -2.29. The number of aromatic hydroxyl groups is 2. The van der Waals surface area contributed by atoms with E-state index in [1.807, 2.05) is 12.1 Å². The van der Waals surface area contributed by atoms with E-state index in [9.17, 15) is 10.2 Å². The molecule has 0 aliphatic carbocycles. The first-order valence-electron chi connectivity index (χ1n) is 12.4. The topological polar surface area (TPSA) is 49.7 Å². The Kier molecular flexibility index (Phi) is 7.92. The molecule has 3 rings (SSSR count). The van der Waals surface area contributed by atoms with Crippen molar-refractivity contribution >= 4 is 23.8 Å². The number of hydrogen-bond acceptors (Lipinski definition) is 3. The largest absolute Gasteiger partial charge is 0.507 e. The van der Waals surface area contributed by atoms with Crippen molar-refractivity contribution in [2.45, 2.75) is 79.6 Å². The minimum atomic E-state index is -1.23. The van der Waals surface area contributed by atoms with E-state index >= 15 is 0 Å². The fraction of sp³-hybridized carbons (Fsp3) is 0.419. The molecule has 0 amide bonds. The van der Waals surface area contributed by atoms with Crippen LogP contribution in [0.25, 0.3) is 0 Å². The lowest BCUT2D eigenvalue weighted by atomic mass is 9.85. The lowest BCUT2D eigenvalue weighted by molar-refractivity contribution is 0.317. The zero-order valence-electron chi connectivity index (χ0n) is 22.8. The summed E-state index contributed by atoms with van der Waals surface area (Å²) >= 11 is 0. The van der Waals surface area contributed by atoms with E-state index in [1.54, 1.807) is 0 Å². The molecule has 4 heteroatoms. The Morgan fingerprint density at radius 2 is 1.14 bits per heavy atom. The second-order valence-electron chi connectivity index (χ2n) is 11.5. The van der Waals surface area contributed by atoms with Gasteiger partial charge in [-0.3, -0.25) is 0 Å². The molecule has 188 valence electrons. The minimum absolute atomic E-state index is 0.213. The molecular formula is C31H41O3P. The molecule has 0 saturated carbocycles. The molecule has 0 bridgehead atoms. The van der Waals surface area contributed by atoms with Crippen LogP contribution in [-0.2, 0) is 10.8 Å². The highest BCUT2D eigenvalue weighted by atomic mass is 31.1. The van der Waals surface area contributed by atoms with Gasteiger partial charge in [-0.1, -0.05) is 72.7 Å². The summed E-state index contributed by atoms with van der Waals surface area (Å²) in [5.74, 6) is 1.47. The summed E-state index contributed by atoms with van der Waals surface area (Å²) in [6.07, 6.45) is 0.952. The van der Waals surface area contributed by atoms with Crippen LogP contribution in [0.15, 0.2) is 48.5 Å². The van der Waals surface area contributed by atoms with Gasteiger partial charge in [-0.15, -0.1) is 0 Å². The summed E-state index contributed by atoms with van der Waals surface area (Å²) in [5, 5.41) is 26.0. The quantitative estimate of drug-likeness (QED) is 0.370. The molecule has 0 saturated heterocycles. The number of hydrogen-bond donors (Lipinski definition) is 2. The fourth-order valence-corrected chi connectivity index (χ4v) is 6.92. The molecule has 0 fully saturated rings. The van der Waals surface area contributed by atoms with Crippen molar-refractivity contribution in [3.05, 3.63) is 70.8 Å². The maximum Gasteiger partial charge on any atom is 0.127 e. The Balaban J connectivity index is 2.33. The zero-order chi connectivity index (χ0) is 26.1. The maximum atomic E-state index is 11.6. The lowest BCUT2D eigenvalue weighted by Crippen LogP contribution is -2.26. The van der Waals surface area contributed by atoms with E-state index < -0.39 is 7.92 Å². The van der Waals surface area contributed by atoms with Gasteiger partial charge in [0.05, 0.1) is 6.61 Å². The normalized spacial score (nSPS) is 12.3. The van der Waals surface area contributed by atoms with Gasteiger partial charge in [0, 0.05) is 21.7 Å². The standard InChI is InChI=1S/C31H41O3P/c1-10-15-34-22-11-13-23(14-12-22)35(26-18-20(2)16-24(28(26)32)30(4,5)6)27-19-21(3)17-25(29(27)33)31(7,8)9/h11-14,16-19,32-33H,10,15H2,1-9H3. The first-order chi connectivity index (χ1) is 16.2. The highest BCUT2D eigenvalue weighted by Gasteiger charge is 2.30. The van der Waals surface area contributed by atoms with Gasteiger partial charge < -0.3 is 14.9 Å². The van der Waals surface area contributed by atoms with Crippen molar-refractivity contribution in [1.82, 2.24) is 0 Å². The van der Waals surface area contributed by atoms with Gasteiger partial charge in [0.2, 0.25) is 0 Å². The molecule has 0 unspecified atom stereocenters. The van der Waals surface area contributed by atoms with Crippen molar-refractivity contribution < 1.29 is 14.9 Å². The molecule has 35 heavy (non-hydrogen) atoms. The molecule has 0 atom stereocenters. The minimum Gasteiger partial charge on any atom is -0.507 e. The predicted octanol–water partition coefficient (Wildman–Crippen LogP) is 6.86. The Morgan fingerprint density at radius 3 is 1.51 bits per heavy atom. The fourth-order valence-electron chi connectivity index (χ4n) is 4.32. The average molecular weight is 493 g/mol. The van der Waals surface area contributed by atoms with Gasteiger partial charge in [0.15, 0.2) is 0 Å². The first-order valence-corrected chi connectivity index (χ1v) is 13.8. The highest BCUT2D eigenvalue weighted by Crippen LogP contribution is 2.45. The van der Waals surface area contributed by atoms with E-state index in [0.29, 0.717) is 18.1 Å². The molecule has 0 aliphatic heterocycles. The second kappa shape index (κ2) is 10.2. The van der Waals surface area contributed by atoms with Gasteiger partial charge in [0.1, 0.15) is 17.2 Å². The monoisotopic (exact) mass is 492 g/mol. The van der Waals surface area contributed by atoms with Crippen molar-refractivity contribution in [3.8, 4) is 17.2 Å². The summed E-state index contributed by atoms with van der Waals surface area (Å²) in [6, 6.07) is 16.5. The number of ether oxygens (including phenoxy) is 1. The van der Waals surface area contributed by atoms with Gasteiger partial charge in [-0.2, -0.15) is 0 Å². The molecular weight excluding hydrogens is 451 g/mol. The smallest absolute Gasteiger partial charge is 0.127 e. The van der Waals surface area contributed by atoms with Crippen LogP contribution in [0.1, 0.15) is 77.1 Å². The van der Waals surface area contributed by atoms with Crippen molar-refractivity contribution in [1.29, 1.82) is 0 Å². The summed E-state index contributed by atoms with van der Waals surface area (Å²) in [4.78, 5) is 0. The highest BCUT2D eigenvalue weighted by molar-refractivity contribution is 7.80. The molecule has 0 radical (unpaired) electrons. The van der Waals surface area contributed by atoms with Gasteiger partial charge in [-0.25, -0.2) is 0 Å². The Labute approximate surface area is 212 Å². The number of rotatable bonds is 6. The van der Waals surface area contributed by atoms with Crippen LogP contribution in [0.3, 0.4) is 0 Å². The molecule has 3 aromatic rings. The van der Waals surface area contributed by atoms with Gasteiger partial charge in [-0.05, 0) is 79.7 Å². The van der Waals surface area contributed by atoms with E-state index in [-0.39, 0.29) is 10.8 Å². The Bertz CT molecular complexity index is 1110. The van der Waals surface area contributed by atoms with Crippen LogP contribution in [0, 0.1) is 13.8 Å². The van der Waals surface area contributed by atoms with Crippen LogP contribution < -0.4 is 20.7 Å². The van der Waals surface area contributed by atoms with Crippen LogP contribution >= 0.6 is 7.92 Å². The Morgan fingerprint density at radius 1 is 0.714 bits per heavy atom. The molecule has 0 aromatic heterocycles. The predicted molar refractivity (Wildman–Crippen MR) is 151 cm³/mol.